The van der Waals surface area contributed by atoms with Crippen LogP contribution in [0, 0.1) is 0 Å². The number of amides is 1. The van der Waals surface area contributed by atoms with E-state index in [1.165, 1.54) is 49.8 Å². The summed E-state index contributed by atoms with van der Waals surface area (Å²) in [4.78, 5) is 19.7. The lowest BCUT2D eigenvalue weighted by molar-refractivity contribution is -0.0258. The predicted molar refractivity (Wildman–Crippen MR) is 93.5 cm³/mol. The Balaban J connectivity index is 2.13. The molecule has 0 saturated heterocycles. The average Bonchev–Trinajstić information content (AvgIpc) is 2.98. The number of carbonyl (C=O) groups is 1. The lowest BCUT2D eigenvalue weighted by atomic mass is 10.2. The summed E-state index contributed by atoms with van der Waals surface area (Å²) in [7, 11) is 0.521. The van der Waals surface area contributed by atoms with Gasteiger partial charge in [0.2, 0.25) is 0 Å². The minimum Gasteiger partial charge on any atom is -0.337 e. The molecule has 0 fully saturated rings. The van der Waals surface area contributed by atoms with Crippen molar-refractivity contribution in [1.82, 2.24) is 9.37 Å². The number of sulfonamides is 1. The summed E-state index contributed by atoms with van der Waals surface area (Å²) in [6.45, 7) is 0.433. The summed E-state index contributed by atoms with van der Waals surface area (Å²) in [5, 5.41) is 0. The zero-order valence-corrected chi connectivity index (χ0v) is 15.8. The maximum atomic E-state index is 12.4. The molecule has 1 amide bonds. The van der Waals surface area contributed by atoms with Gasteiger partial charge in [-0.15, -0.1) is 11.3 Å². The number of benzene rings is 1. The van der Waals surface area contributed by atoms with Gasteiger partial charge in [0, 0.05) is 24.5 Å². The van der Waals surface area contributed by atoms with Crippen molar-refractivity contribution in [1.29, 1.82) is 0 Å². The first kappa shape index (κ1) is 18.9. The Kier molecular flexibility index (Phi) is 6.00. The Labute approximate surface area is 150 Å². The normalized spacial score (nSPS) is 11.7. The van der Waals surface area contributed by atoms with E-state index in [-0.39, 0.29) is 10.8 Å². The molecule has 24 heavy (non-hydrogen) atoms. The highest BCUT2D eigenvalue weighted by Crippen LogP contribution is 2.23. The number of hydrogen-bond acceptors (Lipinski definition) is 5. The summed E-state index contributed by atoms with van der Waals surface area (Å²) >= 11 is 7.30. The van der Waals surface area contributed by atoms with E-state index in [2.05, 4.69) is 0 Å². The zero-order chi connectivity index (χ0) is 17.9. The molecule has 0 atom stereocenters. The molecule has 130 valence electrons. The molecule has 0 aliphatic rings. The van der Waals surface area contributed by atoms with Crippen molar-refractivity contribution < 1.29 is 18.0 Å². The Bertz CT molecular complexity index is 818. The number of nitrogens with zero attached hydrogens (tertiary/aromatic N) is 2. The highest BCUT2D eigenvalue weighted by molar-refractivity contribution is 7.89. The van der Waals surface area contributed by atoms with Gasteiger partial charge >= 0.3 is 0 Å². The molecule has 0 aliphatic heterocycles. The van der Waals surface area contributed by atoms with Gasteiger partial charge in [0.25, 0.3) is 15.9 Å². The summed E-state index contributed by atoms with van der Waals surface area (Å²) < 4.78 is 25.7. The molecule has 9 heteroatoms. The first-order chi connectivity index (χ1) is 11.3. The molecular weight excluding hydrogens is 372 g/mol. The highest BCUT2D eigenvalue weighted by atomic mass is 35.5. The van der Waals surface area contributed by atoms with Crippen molar-refractivity contribution in [2.45, 2.75) is 11.4 Å². The van der Waals surface area contributed by atoms with Gasteiger partial charge in [0.15, 0.2) is 0 Å². The van der Waals surface area contributed by atoms with E-state index in [9.17, 15) is 13.2 Å². The molecule has 0 saturated carbocycles. The highest BCUT2D eigenvalue weighted by Gasteiger charge is 2.21. The SMILES string of the molecule is CON(C)S(=O)(=O)c1ccc(C(=O)N(C)Cc2ccc(Cl)s2)cc1. The molecule has 0 aliphatic carbocycles. The van der Waals surface area contributed by atoms with Crippen molar-refractivity contribution in [3.8, 4) is 0 Å². The standard InChI is InChI=1S/C15H17ClN2O4S2/c1-17(10-12-6-9-14(16)23-12)15(19)11-4-7-13(8-5-11)24(20,21)18(2)22-3/h4-9H,10H2,1-3H3. The molecule has 2 rings (SSSR count). The Morgan fingerprint density at radius 1 is 1.17 bits per heavy atom. The van der Waals surface area contributed by atoms with E-state index in [1.54, 1.807) is 18.0 Å². The van der Waals surface area contributed by atoms with Crippen LogP contribution >= 0.6 is 22.9 Å². The van der Waals surface area contributed by atoms with Crippen LogP contribution in [0.4, 0.5) is 0 Å². The molecule has 0 spiro atoms. The monoisotopic (exact) mass is 388 g/mol. The molecule has 0 bridgehead atoms. The first-order valence-electron chi connectivity index (χ1n) is 6.88. The molecule has 1 aromatic carbocycles. The van der Waals surface area contributed by atoms with Crippen LogP contribution in [0.15, 0.2) is 41.3 Å². The van der Waals surface area contributed by atoms with Crippen LogP contribution < -0.4 is 0 Å². The van der Waals surface area contributed by atoms with Crippen LogP contribution in [-0.4, -0.2) is 44.9 Å². The quantitative estimate of drug-likeness (QED) is 0.713. The van der Waals surface area contributed by atoms with Crippen LogP contribution in [0.5, 0.6) is 0 Å². The lowest BCUT2D eigenvalue weighted by Gasteiger charge is -2.17. The predicted octanol–water partition coefficient (Wildman–Crippen LogP) is 2.86. The fraction of sp³-hybridized carbons (Fsp3) is 0.267. The van der Waals surface area contributed by atoms with Crippen LogP contribution in [0.2, 0.25) is 4.34 Å². The van der Waals surface area contributed by atoms with Crippen LogP contribution in [0.3, 0.4) is 0 Å². The zero-order valence-electron chi connectivity index (χ0n) is 13.4. The van der Waals surface area contributed by atoms with E-state index < -0.39 is 10.0 Å². The number of halogens is 1. The minimum atomic E-state index is -3.72. The van der Waals surface area contributed by atoms with Crippen molar-refractivity contribution in [2.24, 2.45) is 0 Å². The van der Waals surface area contributed by atoms with Crippen LogP contribution in [-0.2, 0) is 21.4 Å². The Morgan fingerprint density at radius 3 is 2.29 bits per heavy atom. The third-order valence-electron chi connectivity index (χ3n) is 3.36. The van der Waals surface area contributed by atoms with Gasteiger partial charge in [0.05, 0.1) is 22.9 Å². The first-order valence-corrected chi connectivity index (χ1v) is 9.52. The smallest absolute Gasteiger partial charge is 0.264 e. The van der Waals surface area contributed by atoms with Gasteiger partial charge in [-0.3, -0.25) is 9.63 Å². The van der Waals surface area contributed by atoms with Crippen molar-refractivity contribution >= 4 is 38.9 Å². The molecule has 0 radical (unpaired) electrons. The average molecular weight is 389 g/mol. The molecule has 0 N–H and O–H groups in total. The second-order valence-electron chi connectivity index (χ2n) is 4.99. The van der Waals surface area contributed by atoms with E-state index in [0.29, 0.717) is 16.4 Å². The maximum Gasteiger partial charge on any atom is 0.264 e. The maximum absolute atomic E-state index is 12.4. The van der Waals surface area contributed by atoms with Crippen molar-refractivity contribution in [3.05, 3.63) is 51.2 Å². The Hall–Kier alpha value is -1.45. The largest absolute Gasteiger partial charge is 0.337 e. The van der Waals surface area contributed by atoms with Crippen molar-refractivity contribution in [2.75, 3.05) is 21.2 Å². The molecule has 6 nitrogen and oxygen atoms in total. The number of rotatable bonds is 6. The Morgan fingerprint density at radius 2 is 1.79 bits per heavy atom. The number of hydrogen-bond donors (Lipinski definition) is 0. The van der Waals surface area contributed by atoms with E-state index in [4.69, 9.17) is 16.4 Å². The van der Waals surface area contributed by atoms with Crippen LogP contribution in [0.25, 0.3) is 0 Å². The number of thiophene rings is 1. The molecule has 1 heterocycles. The van der Waals surface area contributed by atoms with Gasteiger partial charge in [-0.25, -0.2) is 8.42 Å². The second kappa shape index (κ2) is 7.62. The van der Waals surface area contributed by atoms with Gasteiger partial charge in [-0.2, -0.15) is 0 Å². The van der Waals surface area contributed by atoms with E-state index in [1.807, 2.05) is 6.07 Å². The molecule has 0 unspecified atom stereocenters. The molecular formula is C15H17ClN2O4S2. The second-order valence-corrected chi connectivity index (χ2v) is 8.72. The summed E-state index contributed by atoms with van der Waals surface area (Å²) in [6, 6.07) is 9.38. The molecule has 1 aromatic heterocycles. The number of carbonyl (C=O) groups excluding carboxylic acids is 1. The fourth-order valence-corrected chi connectivity index (χ4v) is 4.09. The van der Waals surface area contributed by atoms with Gasteiger partial charge in [-0.1, -0.05) is 16.1 Å². The van der Waals surface area contributed by atoms with Crippen LogP contribution in [0.1, 0.15) is 15.2 Å². The summed E-state index contributed by atoms with van der Waals surface area (Å²) in [5.41, 5.74) is 0.402. The van der Waals surface area contributed by atoms with E-state index >= 15 is 0 Å². The van der Waals surface area contributed by atoms with E-state index in [0.717, 1.165) is 9.35 Å². The van der Waals surface area contributed by atoms with Crippen molar-refractivity contribution in [3.63, 3.8) is 0 Å². The van der Waals surface area contributed by atoms with Gasteiger partial charge in [0.1, 0.15) is 0 Å². The third-order valence-corrected chi connectivity index (χ3v) is 6.27. The van der Waals surface area contributed by atoms with Gasteiger partial charge in [-0.05, 0) is 36.4 Å². The summed E-state index contributed by atoms with van der Waals surface area (Å²) in [5.74, 6) is -0.205. The third kappa shape index (κ3) is 4.14. The van der Waals surface area contributed by atoms with Gasteiger partial charge < -0.3 is 4.90 Å². The summed E-state index contributed by atoms with van der Waals surface area (Å²) in [6.07, 6.45) is 0. The fourth-order valence-electron chi connectivity index (χ4n) is 1.98. The number of hydroxylamine groups is 1. The lowest BCUT2D eigenvalue weighted by Crippen LogP contribution is -2.27. The topological polar surface area (TPSA) is 66.9 Å². The minimum absolute atomic E-state index is 0.0519. The molecule has 2 aromatic rings.